The summed E-state index contributed by atoms with van der Waals surface area (Å²) in [6.45, 7) is 4.77. The molecule has 6 heteroatoms. The molecule has 21 heavy (non-hydrogen) atoms. The predicted molar refractivity (Wildman–Crippen MR) is 79.0 cm³/mol. The van der Waals surface area contributed by atoms with Gasteiger partial charge >= 0.3 is 5.69 Å². The zero-order valence-electron chi connectivity index (χ0n) is 12.4. The predicted octanol–water partition coefficient (Wildman–Crippen LogP) is 3.88. The number of nitrogens with zero attached hydrogens (tertiary/aromatic N) is 1. The Labute approximate surface area is 123 Å². The molecule has 1 aromatic carbocycles. The summed E-state index contributed by atoms with van der Waals surface area (Å²) in [5.41, 5.74) is -0.423. The molecule has 0 radical (unpaired) electrons. The first-order valence-corrected chi connectivity index (χ1v) is 7.34. The second-order valence-electron chi connectivity index (χ2n) is 5.47. The fourth-order valence-corrected chi connectivity index (χ4v) is 2.93. The number of ether oxygens (including phenoxy) is 1. The van der Waals surface area contributed by atoms with Crippen molar-refractivity contribution in [1.82, 2.24) is 0 Å². The Kier molecular flexibility index (Phi) is 4.77. The maximum absolute atomic E-state index is 13.6. The van der Waals surface area contributed by atoms with E-state index in [0.717, 1.165) is 31.7 Å². The van der Waals surface area contributed by atoms with E-state index in [1.807, 2.05) is 0 Å². The molecule has 0 bridgehead atoms. The summed E-state index contributed by atoms with van der Waals surface area (Å²) < 4.78 is 19.5. The van der Waals surface area contributed by atoms with Crippen LogP contribution in [0.15, 0.2) is 18.2 Å². The minimum atomic E-state index is -0.811. The van der Waals surface area contributed by atoms with Gasteiger partial charge in [0.15, 0.2) is 0 Å². The number of benzene rings is 1. The van der Waals surface area contributed by atoms with Crippen molar-refractivity contribution < 1.29 is 14.1 Å². The molecule has 1 atom stereocenters. The van der Waals surface area contributed by atoms with Gasteiger partial charge in [-0.2, -0.15) is 4.39 Å². The number of hydrogen-bond donors (Lipinski definition) is 1. The normalized spacial score (nSPS) is 21.0. The summed E-state index contributed by atoms with van der Waals surface area (Å²) in [5, 5.41) is 14.2. The van der Waals surface area contributed by atoms with Gasteiger partial charge in [0.25, 0.3) is 0 Å². The van der Waals surface area contributed by atoms with Crippen LogP contribution in [0.25, 0.3) is 0 Å². The summed E-state index contributed by atoms with van der Waals surface area (Å²) in [6.07, 6.45) is 3.32. The van der Waals surface area contributed by atoms with E-state index in [1.54, 1.807) is 6.07 Å². The van der Waals surface area contributed by atoms with E-state index >= 15 is 0 Å². The first kappa shape index (κ1) is 15.7. The van der Waals surface area contributed by atoms with E-state index in [1.165, 1.54) is 6.07 Å². The van der Waals surface area contributed by atoms with Crippen LogP contribution in [0.2, 0.25) is 0 Å². The average molecular weight is 296 g/mol. The number of nitrogens with one attached hydrogen (secondary N) is 1. The van der Waals surface area contributed by atoms with Crippen molar-refractivity contribution in [3.8, 4) is 0 Å². The van der Waals surface area contributed by atoms with Gasteiger partial charge in [0.1, 0.15) is 5.69 Å². The lowest BCUT2D eigenvalue weighted by Gasteiger charge is -2.40. The minimum Gasteiger partial charge on any atom is -0.376 e. The zero-order valence-corrected chi connectivity index (χ0v) is 12.4. The van der Waals surface area contributed by atoms with Gasteiger partial charge in [-0.25, -0.2) is 0 Å². The van der Waals surface area contributed by atoms with E-state index in [-0.39, 0.29) is 17.3 Å². The summed E-state index contributed by atoms with van der Waals surface area (Å²) in [6, 6.07) is 4.20. The molecule has 1 fully saturated rings. The number of rotatable bonds is 5. The minimum absolute atomic E-state index is 0.0548. The average Bonchev–Trinajstić information content (AvgIpc) is 2.47. The van der Waals surface area contributed by atoms with Crippen LogP contribution in [0.3, 0.4) is 0 Å². The Morgan fingerprint density at radius 3 is 2.81 bits per heavy atom. The molecule has 1 aliphatic rings. The third kappa shape index (κ3) is 3.32. The Bertz CT molecular complexity index is 518. The van der Waals surface area contributed by atoms with Crippen molar-refractivity contribution in [3.05, 3.63) is 34.1 Å². The van der Waals surface area contributed by atoms with Crippen LogP contribution >= 0.6 is 0 Å². The smallest absolute Gasteiger partial charge is 0.327 e. The molecule has 116 valence electrons. The second kappa shape index (κ2) is 6.39. The molecule has 0 amide bonds. The van der Waals surface area contributed by atoms with E-state index < -0.39 is 16.4 Å². The van der Waals surface area contributed by atoms with Gasteiger partial charge in [0.2, 0.25) is 5.82 Å². The van der Waals surface area contributed by atoms with Gasteiger partial charge in [-0.15, -0.1) is 0 Å². The van der Waals surface area contributed by atoms with Gasteiger partial charge < -0.3 is 10.1 Å². The summed E-state index contributed by atoms with van der Waals surface area (Å²) in [4.78, 5) is 10.3. The molecule has 1 heterocycles. The fraction of sp³-hybridized carbons (Fsp3) is 0.600. The maximum atomic E-state index is 13.6. The maximum Gasteiger partial charge on any atom is 0.327 e. The highest BCUT2D eigenvalue weighted by molar-refractivity contribution is 5.62. The molecule has 0 aliphatic carbocycles. The summed E-state index contributed by atoms with van der Waals surface area (Å²) in [5.74, 6) is -0.811. The molecule has 1 aliphatic heterocycles. The molecular formula is C15H21FN2O3. The van der Waals surface area contributed by atoms with Crippen LogP contribution in [-0.4, -0.2) is 23.2 Å². The van der Waals surface area contributed by atoms with Gasteiger partial charge in [-0.3, -0.25) is 10.1 Å². The lowest BCUT2D eigenvalue weighted by molar-refractivity contribution is -0.386. The highest BCUT2D eigenvalue weighted by Crippen LogP contribution is 2.35. The van der Waals surface area contributed by atoms with Crippen molar-refractivity contribution in [1.29, 1.82) is 0 Å². The van der Waals surface area contributed by atoms with Crippen LogP contribution in [0.4, 0.5) is 15.8 Å². The van der Waals surface area contributed by atoms with Crippen LogP contribution in [0, 0.1) is 15.9 Å². The first-order valence-electron chi connectivity index (χ1n) is 7.34. The number of halogens is 1. The standard InChI is InChI=1S/C15H21FN2O3/c1-3-15(4-2)10-11(8-9-21-15)17-13-7-5-6-12(16)14(13)18(19)20/h5-7,11,17H,3-4,8-10H2,1-2H3. The second-order valence-corrected chi connectivity index (χ2v) is 5.47. The zero-order chi connectivity index (χ0) is 15.5. The number of nitro groups is 1. The van der Waals surface area contributed by atoms with E-state index in [0.29, 0.717) is 6.61 Å². The molecule has 5 nitrogen and oxygen atoms in total. The van der Waals surface area contributed by atoms with Crippen molar-refractivity contribution in [2.24, 2.45) is 0 Å². The van der Waals surface area contributed by atoms with E-state index in [4.69, 9.17) is 4.74 Å². The molecule has 1 unspecified atom stereocenters. The summed E-state index contributed by atoms with van der Waals surface area (Å²) >= 11 is 0. The summed E-state index contributed by atoms with van der Waals surface area (Å²) in [7, 11) is 0. The van der Waals surface area contributed by atoms with Gasteiger partial charge in [0, 0.05) is 12.6 Å². The third-order valence-electron chi connectivity index (χ3n) is 4.31. The fourth-order valence-electron chi connectivity index (χ4n) is 2.93. The Balaban J connectivity index is 2.19. The Morgan fingerprint density at radius 2 is 2.19 bits per heavy atom. The SMILES string of the molecule is CCC1(CC)CC(Nc2cccc(F)c2[N+](=O)[O-])CCO1. The van der Waals surface area contributed by atoms with Gasteiger partial charge in [-0.05, 0) is 37.8 Å². The molecule has 1 saturated heterocycles. The highest BCUT2D eigenvalue weighted by Gasteiger charge is 2.35. The molecule has 0 aromatic heterocycles. The van der Waals surface area contributed by atoms with Crippen LogP contribution in [0.1, 0.15) is 39.5 Å². The Hall–Kier alpha value is -1.69. The van der Waals surface area contributed by atoms with Crippen molar-refractivity contribution in [3.63, 3.8) is 0 Å². The number of nitro benzene ring substituents is 1. The van der Waals surface area contributed by atoms with Crippen LogP contribution in [0.5, 0.6) is 0 Å². The molecule has 1 N–H and O–H groups in total. The van der Waals surface area contributed by atoms with Crippen molar-refractivity contribution in [2.75, 3.05) is 11.9 Å². The Morgan fingerprint density at radius 1 is 1.48 bits per heavy atom. The quantitative estimate of drug-likeness (QED) is 0.661. The van der Waals surface area contributed by atoms with Gasteiger partial charge in [0.05, 0.1) is 10.5 Å². The monoisotopic (exact) mass is 296 g/mol. The molecule has 1 aromatic rings. The van der Waals surface area contributed by atoms with Gasteiger partial charge in [-0.1, -0.05) is 19.9 Å². The highest BCUT2D eigenvalue weighted by atomic mass is 19.1. The number of hydrogen-bond acceptors (Lipinski definition) is 4. The molecule has 0 spiro atoms. The number of anilines is 1. The first-order chi connectivity index (χ1) is 10.0. The lowest BCUT2D eigenvalue weighted by atomic mass is 9.86. The lowest BCUT2D eigenvalue weighted by Crippen LogP contribution is -2.43. The molecular weight excluding hydrogens is 275 g/mol. The largest absolute Gasteiger partial charge is 0.376 e. The third-order valence-corrected chi connectivity index (χ3v) is 4.31. The molecule has 2 rings (SSSR count). The van der Waals surface area contributed by atoms with E-state index in [2.05, 4.69) is 19.2 Å². The number of para-hydroxylation sites is 1. The van der Waals surface area contributed by atoms with Crippen molar-refractivity contribution >= 4 is 11.4 Å². The van der Waals surface area contributed by atoms with Crippen LogP contribution < -0.4 is 5.32 Å². The van der Waals surface area contributed by atoms with Crippen molar-refractivity contribution in [2.45, 2.75) is 51.2 Å². The molecule has 0 saturated carbocycles. The van der Waals surface area contributed by atoms with E-state index in [9.17, 15) is 14.5 Å². The van der Waals surface area contributed by atoms with Crippen LogP contribution in [-0.2, 0) is 4.74 Å². The topological polar surface area (TPSA) is 64.4 Å².